The highest BCUT2D eigenvalue weighted by molar-refractivity contribution is 5.21. The van der Waals surface area contributed by atoms with Gasteiger partial charge in [-0.25, -0.2) is 0 Å². The van der Waals surface area contributed by atoms with Gasteiger partial charge < -0.3 is 26.0 Å². The van der Waals surface area contributed by atoms with Crippen molar-refractivity contribution in [2.24, 2.45) is 75.8 Å². The van der Waals surface area contributed by atoms with Gasteiger partial charge in [-0.3, -0.25) is 0 Å². The quantitative estimate of drug-likeness (QED) is 0.182. The molecule has 28 rings (SSSR count). The van der Waals surface area contributed by atoms with E-state index in [1.165, 1.54) is 488 Å². The van der Waals surface area contributed by atoms with Crippen LogP contribution in [0.15, 0.2) is 207 Å². The molecule has 14 spiro atoms. The summed E-state index contributed by atoms with van der Waals surface area (Å²) < 4.78 is 5.07. The second kappa shape index (κ2) is 50.7. The lowest BCUT2D eigenvalue weighted by Gasteiger charge is -2.43. The molecule has 5 heterocycles. The van der Waals surface area contributed by atoms with Crippen LogP contribution in [0.25, 0.3) is 0 Å². The summed E-state index contributed by atoms with van der Waals surface area (Å²) in [7, 11) is 0. The summed E-state index contributed by atoms with van der Waals surface area (Å²) >= 11 is 0. The van der Waals surface area contributed by atoms with Crippen LogP contribution in [-0.2, 0) is 4.74 Å². The van der Waals surface area contributed by atoms with Crippen molar-refractivity contribution in [3.05, 3.63) is 207 Å². The van der Waals surface area contributed by atoms with Gasteiger partial charge in [0.2, 0.25) is 0 Å². The molecule has 730 valence electrons. The van der Waals surface area contributed by atoms with E-state index < -0.39 is 0 Å². The van der Waals surface area contributed by atoms with E-state index >= 15 is 0 Å². The van der Waals surface area contributed by atoms with E-state index in [1.807, 2.05) is 6.20 Å². The zero-order valence-electron chi connectivity index (χ0n) is 84.9. The smallest absolute Gasteiger partial charge is 0.0597 e. The molecule has 0 bridgehead atoms. The van der Waals surface area contributed by atoms with Crippen LogP contribution in [0.5, 0.6) is 0 Å². The molecule has 1 atom stereocenters. The molecule has 0 radical (unpaired) electrons. The van der Waals surface area contributed by atoms with Crippen molar-refractivity contribution in [2.75, 3.05) is 45.9 Å². The fourth-order valence-electron chi connectivity index (χ4n) is 29.1. The molecule has 28 aliphatic rings. The molecule has 0 aromatic heterocycles. The van der Waals surface area contributed by atoms with Crippen LogP contribution in [-0.4, -0.2) is 45.9 Å². The summed E-state index contributed by atoms with van der Waals surface area (Å²) in [6.45, 7) is 7.78. The molecule has 5 heteroatoms. The third-order valence-electron chi connectivity index (χ3n) is 39.7. The largest absolute Gasteiger partial charge is 0.391 e. The van der Waals surface area contributed by atoms with Gasteiger partial charge in [0, 0.05) is 37.0 Å². The van der Waals surface area contributed by atoms with Crippen LogP contribution < -0.4 is 21.3 Å². The van der Waals surface area contributed by atoms with Gasteiger partial charge in [0.05, 0.1) is 18.6 Å². The summed E-state index contributed by atoms with van der Waals surface area (Å²) in [5, 5.41) is 13.0. The maximum Gasteiger partial charge on any atom is 0.0597 e. The van der Waals surface area contributed by atoms with E-state index in [-0.39, 0.29) is 0 Å². The van der Waals surface area contributed by atoms with Crippen LogP contribution in [0.4, 0.5) is 0 Å². The highest BCUT2D eigenvalue weighted by atomic mass is 16.5. The van der Waals surface area contributed by atoms with Gasteiger partial charge >= 0.3 is 0 Å². The minimum Gasteiger partial charge on any atom is -0.391 e. The lowest BCUT2D eigenvalue weighted by molar-refractivity contribution is -0.0744. The van der Waals surface area contributed by atoms with E-state index in [9.17, 15) is 0 Å². The van der Waals surface area contributed by atoms with Crippen molar-refractivity contribution in [3.8, 4) is 0 Å². The van der Waals surface area contributed by atoms with Crippen molar-refractivity contribution < 1.29 is 4.74 Å². The Labute approximate surface area is 811 Å². The van der Waals surface area contributed by atoms with Gasteiger partial charge in [0.25, 0.3) is 0 Å². The number of allylic oxidation sites excluding steroid dienone is 29. The fourth-order valence-corrected chi connectivity index (χ4v) is 29.1. The normalized spacial score (nSPS) is 30.1. The van der Waals surface area contributed by atoms with Crippen molar-refractivity contribution in [1.29, 1.82) is 0 Å². The maximum absolute atomic E-state index is 5.07. The van der Waals surface area contributed by atoms with Crippen LogP contribution in [0.2, 0.25) is 0 Å². The van der Waals surface area contributed by atoms with Gasteiger partial charge in [-0.2, -0.15) is 0 Å². The first kappa shape index (κ1) is 101. The minimum absolute atomic E-state index is 0.403. The Bertz CT molecular complexity index is 3710. The molecular formula is C127H196N4O. The third kappa shape index (κ3) is 30.0. The first-order chi connectivity index (χ1) is 64.8. The molecule has 23 aliphatic carbocycles. The third-order valence-corrected chi connectivity index (χ3v) is 39.7. The monoisotopic (exact) mass is 1790 g/mol. The molecule has 1 unspecified atom stereocenters. The Morgan fingerprint density at radius 2 is 0.500 bits per heavy atom. The first-order valence-electron chi connectivity index (χ1n) is 57.5. The summed E-state index contributed by atoms with van der Waals surface area (Å²) in [5.74, 6) is 0. The van der Waals surface area contributed by atoms with Gasteiger partial charge in [-0.05, 0) is 419 Å². The standard InChI is InChI=1S/3C11H18.C10H16.2C10H14.C9H14.C9H12.C9H14.2C8H13N.C8H12.C7H11N.C6H9NO/c1-3-7-11(8-4-1)9-5-2-6-10-11;2*1-2-4-8-11(7-3-1)9-5-6-10-11;3*1-2-6-10(7-3-1)8-4-5-9-10;2*1-2-6-9(5-1)7-3-4-8-9;1-2-5-9(6-3-1)7-4-8-9;1-2-8(3-1)4-6-9-7-5-8;1-2-4-8(3-1)5-6-9-7-8;1-2-5-8(4-1)6-3-7-8;1-2-7(3-1)4-5-8-6-7;1-2-7-3-6(1)4-8-5-6/h1,3H,2,4-10H2;5-6H,1-4,7-10H2;1-2H,3-10H2;4-5H,1-3,6-9H2;2,4,6,8H,1,3,5,7,9H2;1-3,6H,4-5,7-9H2;1-2H,3-8H2;1-4H,5-8H2;1-2H,3-8H2;4,6,9H,1-3,5,7H2;1-2,9H,3-7H2;1-2H,3-7H2;4-5,8H,1-3,6H2;1-2,7H,3-5H2. The highest BCUT2D eigenvalue weighted by Gasteiger charge is 2.44. The average molecular weight is 1790 g/mol. The Morgan fingerprint density at radius 3 is 0.818 bits per heavy atom. The van der Waals surface area contributed by atoms with Crippen molar-refractivity contribution in [3.63, 3.8) is 0 Å². The van der Waals surface area contributed by atoms with Crippen molar-refractivity contribution >= 4 is 0 Å². The van der Waals surface area contributed by atoms with E-state index in [0.29, 0.717) is 37.9 Å². The van der Waals surface area contributed by atoms with Crippen LogP contribution >= 0.6 is 0 Å². The second-order valence-corrected chi connectivity index (χ2v) is 49.5. The molecular weight excluding hydrogens is 1600 g/mol. The van der Waals surface area contributed by atoms with E-state index in [1.54, 1.807) is 0 Å². The Hall–Kier alpha value is -5.10. The first-order valence-corrected chi connectivity index (χ1v) is 57.5. The van der Waals surface area contributed by atoms with Crippen molar-refractivity contribution in [1.82, 2.24) is 21.3 Å². The van der Waals surface area contributed by atoms with Gasteiger partial charge in [0.15, 0.2) is 0 Å². The van der Waals surface area contributed by atoms with E-state index in [0.717, 1.165) is 57.7 Å². The number of hydrogen-bond acceptors (Lipinski definition) is 5. The molecule has 0 amide bonds. The lowest BCUT2D eigenvalue weighted by atomic mass is 9.62. The number of hydrogen-bond donors (Lipinski definition) is 4. The molecule has 5 aliphatic heterocycles. The second-order valence-electron chi connectivity index (χ2n) is 49.5. The molecule has 12 fully saturated rings. The summed E-state index contributed by atoms with van der Waals surface area (Å²) in [4.78, 5) is 0. The molecule has 0 aromatic rings. The number of rotatable bonds is 0. The zero-order valence-corrected chi connectivity index (χ0v) is 84.9. The van der Waals surface area contributed by atoms with Crippen LogP contribution in [0.1, 0.15) is 462 Å². The maximum atomic E-state index is 5.07. The Kier molecular flexibility index (Phi) is 38.9. The molecule has 4 N–H and O–H groups in total. The minimum atomic E-state index is 0.403. The van der Waals surface area contributed by atoms with Crippen molar-refractivity contribution in [2.45, 2.75) is 462 Å². The van der Waals surface area contributed by atoms with Crippen LogP contribution in [0, 0.1) is 75.8 Å². The average Bonchev–Trinajstić information content (AvgIpc) is 1.79. The molecule has 132 heavy (non-hydrogen) atoms. The topological polar surface area (TPSA) is 57.3 Å². The lowest BCUT2D eigenvalue weighted by Crippen LogP contribution is -2.43. The van der Waals surface area contributed by atoms with Crippen LogP contribution in [0.3, 0.4) is 0 Å². The molecule has 10 saturated carbocycles. The number of ether oxygens (including phenoxy) is 1. The summed E-state index contributed by atoms with van der Waals surface area (Å²) in [6.07, 6.45) is 182. The summed E-state index contributed by atoms with van der Waals surface area (Å²) in [6, 6.07) is 0. The molecule has 0 aromatic carbocycles. The van der Waals surface area contributed by atoms with Gasteiger partial charge in [-0.1, -0.05) is 317 Å². The molecule has 5 nitrogen and oxygen atoms in total. The number of nitrogens with one attached hydrogen (secondary N) is 4. The highest BCUT2D eigenvalue weighted by Crippen LogP contribution is 2.56. The Balaban J connectivity index is 0.000000109. The summed E-state index contributed by atoms with van der Waals surface area (Å²) in [5.41, 5.74) is 9.61. The molecule has 2 saturated heterocycles. The predicted molar refractivity (Wildman–Crippen MR) is 570 cm³/mol. The zero-order chi connectivity index (χ0) is 90.4. The van der Waals surface area contributed by atoms with Gasteiger partial charge in [-0.15, -0.1) is 0 Å². The van der Waals surface area contributed by atoms with Gasteiger partial charge in [0.1, 0.15) is 0 Å². The predicted octanol–water partition coefficient (Wildman–Crippen LogP) is 35.8. The fraction of sp³-hybridized carbons (Fsp3) is 0.732. The van der Waals surface area contributed by atoms with E-state index in [2.05, 4.69) is 222 Å². The Morgan fingerprint density at radius 1 is 0.167 bits per heavy atom. The SMILES string of the molecule is C1=CC2(C=CCC2)CCC1.C1=CC2(CCC2)CCN1.C1=CC2(CCC2)CN1.C1=CC2(CN1)COC2.C1=CCC2(C1)CC=CC2.C1=CCC2(C1)CCC2.C1=CCC2(C1)CCCC2.C1=CCC2(C1)CCCCC2.C1=CCC2(C1)CCCCCC2.C1=CCC2(C1)CCNC2.C1=CCC2(C=C1)CCCC2.C1=CCC2(CC1)CCC2.C1=CCC2(CC1)CCCCC2.C1=CCCC2(CC1)CCCC2. The van der Waals surface area contributed by atoms with E-state index in [4.69, 9.17) is 4.74 Å².